The molecule has 0 unspecified atom stereocenters. The van der Waals surface area contributed by atoms with Gasteiger partial charge in [0.25, 0.3) is 0 Å². The lowest BCUT2D eigenvalue weighted by Crippen LogP contribution is -2.13. The summed E-state index contributed by atoms with van der Waals surface area (Å²) in [6, 6.07) is 3.20. The quantitative estimate of drug-likeness (QED) is 0.683. The molecule has 2 heteroatoms. The maximum absolute atomic E-state index is 13.4. The molecular formula is C15H20F2. The van der Waals surface area contributed by atoms with Crippen LogP contribution in [0.2, 0.25) is 0 Å². The van der Waals surface area contributed by atoms with Gasteiger partial charge in [-0.15, -0.1) is 0 Å². The summed E-state index contributed by atoms with van der Waals surface area (Å²) in [5.41, 5.74) is 1.41. The van der Waals surface area contributed by atoms with E-state index in [4.69, 9.17) is 0 Å². The van der Waals surface area contributed by atoms with Gasteiger partial charge in [0.15, 0.2) is 11.6 Å². The molecule has 0 heterocycles. The van der Waals surface area contributed by atoms with Crippen LogP contribution >= 0.6 is 0 Å². The molecule has 0 aromatic heterocycles. The number of hydrogen-bond acceptors (Lipinski definition) is 0. The van der Waals surface area contributed by atoms with Gasteiger partial charge in [-0.3, -0.25) is 0 Å². The number of hydrogen-bond donors (Lipinski definition) is 0. The Balaban J connectivity index is 2.13. The fourth-order valence-electron chi connectivity index (χ4n) is 2.89. The third-order valence-electron chi connectivity index (χ3n) is 4.13. The molecule has 1 aromatic rings. The minimum atomic E-state index is -0.698. The Hall–Kier alpha value is -0.920. The Morgan fingerprint density at radius 1 is 1.12 bits per heavy atom. The maximum Gasteiger partial charge on any atom is 0.161 e. The van der Waals surface area contributed by atoms with Gasteiger partial charge in [-0.2, -0.15) is 0 Å². The average Bonchev–Trinajstić information content (AvgIpc) is 2.35. The second kappa shape index (κ2) is 5.16. The Morgan fingerprint density at radius 2 is 1.76 bits per heavy atom. The first kappa shape index (κ1) is 12.5. The van der Waals surface area contributed by atoms with Crippen molar-refractivity contribution >= 4 is 0 Å². The van der Waals surface area contributed by atoms with Crippen LogP contribution in [0.5, 0.6) is 0 Å². The van der Waals surface area contributed by atoms with Gasteiger partial charge >= 0.3 is 0 Å². The molecule has 1 aliphatic carbocycles. The van der Waals surface area contributed by atoms with Crippen molar-refractivity contribution in [1.82, 2.24) is 0 Å². The molecule has 0 spiro atoms. The van der Waals surface area contributed by atoms with Crippen molar-refractivity contribution in [3.8, 4) is 0 Å². The second-order valence-electron chi connectivity index (χ2n) is 5.26. The highest BCUT2D eigenvalue weighted by atomic mass is 19.2. The highest BCUT2D eigenvalue weighted by Crippen LogP contribution is 2.37. The van der Waals surface area contributed by atoms with Crippen LogP contribution in [0.15, 0.2) is 12.1 Å². The normalized spacial score (nSPS) is 24.9. The predicted molar refractivity (Wildman–Crippen MR) is 66.1 cm³/mol. The van der Waals surface area contributed by atoms with Gasteiger partial charge in [0.1, 0.15) is 0 Å². The predicted octanol–water partition coefficient (Wildman–Crippen LogP) is 4.96. The van der Waals surface area contributed by atoms with E-state index >= 15 is 0 Å². The highest BCUT2D eigenvalue weighted by Gasteiger charge is 2.22. The van der Waals surface area contributed by atoms with E-state index in [-0.39, 0.29) is 0 Å². The summed E-state index contributed by atoms with van der Waals surface area (Å²) in [6.07, 6.45) is 5.91. The smallest absolute Gasteiger partial charge is 0.161 e. The van der Waals surface area contributed by atoms with E-state index in [1.165, 1.54) is 25.3 Å². The minimum Gasteiger partial charge on any atom is -0.204 e. The second-order valence-corrected chi connectivity index (χ2v) is 5.26. The molecule has 1 fully saturated rings. The summed E-state index contributed by atoms with van der Waals surface area (Å²) >= 11 is 0. The first-order valence-corrected chi connectivity index (χ1v) is 6.57. The summed E-state index contributed by atoms with van der Waals surface area (Å²) < 4.78 is 26.6. The van der Waals surface area contributed by atoms with E-state index in [1.54, 1.807) is 6.92 Å². The van der Waals surface area contributed by atoms with Gasteiger partial charge in [0, 0.05) is 0 Å². The molecule has 0 N–H and O–H groups in total. The molecule has 0 saturated heterocycles. The standard InChI is InChI=1S/C15H20F2/c1-3-11-4-6-12(7-5-11)13-8-10(2)15(17)14(16)9-13/h8-9,11-12H,3-7H2,1-2H3. The Morgan fingerprint density at radius 3 is 2.29 bits per heavy atom. The maximum atomic E-state index is 13.4. The van der Waals surface area contributed by atoms with E-state index in [0.717, 1.165) is 24.3 Å². The molecule has 0 radical (unpaired) electrons. The molecule has 1 aliphatic rings. The van der Waals surface area contributed by atoms with E-state index in [9.17, 15) is 8.78 Å². The highest BCUT2D eigenvalue weighted by molar-refractivity contribution is 5.28. The zero-order chi connectivity index (χ0) is 12.4. The SMILES string of the molecule is CCC1CCC(c2cc(C)c(F)c(F)c2)CC1. The molecular weight excluding hydrogens is 218 g/mol. The fraction of sp³-hybridized carbons (Fsp3) is 0.600. The number of aryl methyl sites for hydroxylation is 1. The summed E-state index contributed by atoms with van der Waals surface area (Å²) in [6.45, 7) is 3.87. The molecule has 0 nitrogen and oxygen atoms in total. The summed E-state index contributed by atoms with van der Waals surface area (Å²) in [4.78, 5) is 0. The molecule has 94 valence electrons. The topological polar surface area (TPSA) is 0 Å². The van der Waals surface area contributed by atoms with Crippen LogP contribution in [0.25, 0.3) is 0 Å². The van der Waals surface area contributed by atoms with Crippen molar-refractivity contribution in [2.24, 2.45) is 5.92 Å². The minimum absolute atomic E-state index is 0.423. The van der Waals surface area contributed by atoms with Crippen LogP contribution in [0, 0.1) is 24.5 Å². The van der Waals surface area contributed by atoms with Crippen molar-refractivity contribution in [2.75, 3.05) is 0 Å². The number of halogens is 2. The molecule has 1 saturated carbocycles. The summed E-state index contributed by atoms with van der Waals surface area (Å²) in [7, 11) is 0. The van der Waals surface area contributed by atoms with Gasteiger partial charge in [-0.25, -0.2) is 8.78 Å². The fourth-order valence-corrected chi connectivity index (χ4v) is 2.89. The number of rotatable bonds is 2. The average molecular weight is 238 g/mol. The van der Waals surface area contributed by atoms with Crippen LogP contribution in [0.4, 0.5) is 8.78 Å². The molecule has 0 atom stereocenters. The van der Waals surface area contributed by atoms with Gasteiger partial charge < -0.3 is 0 Å². The zero-order valence-electron chi connectivity index (χ0n) is 10.6. The van der Waals surface area contributed by atoms with Crippen molar-refractivity contribution in [3.63, 3.8) is 0 Å². The third-order valence-corrected chi connectivity index (χ3v) is 4.13. The van der Waals surface area contributed by atoms with Gasteiger partial charge in [-0.05, 0) is 61.6 Å². The first-order valence-electron chi connectivity index (χ1n) is 6.57. The van der Waals surface area contributed by atoms with Gasteiger partial charge in [0.05, 0.1) is 0 Å². The molecule has 1 aromatic carbocycles. The molecule has 0 bridgehead atoms. The van der Waals surface area contributed by atoms with E-state index in [1.807, 2.05) is 6.07 Å². The Labute approximate surface area is 102 Å². The molecule has 0 amide bonds. The molecule has 2 rings (SSSR count). The lowest BCUT2D eigenvalue weighted by molar-refractivity contribution is 0.318. The van der Waals surface area contributed by atoms with Crippen LogP contribution in [0.1, 0.15) is 56.1 Å². The first-order chi connectivity index (χ1) is 8.11. The van der Waals surface area contributed by atoms with Crippen molar-refractivity contribution in [3.05, 3.63) is 34.9 Å². The lowest BCUT2D eigenvalue weighted by Gasteiger charge is -2.28. The van der Waals surface area contributed by atoms with Crippen molar-refractivity contribution in [2.45, 2.75) is 51.9 Å². The van der Waals surface area contributed by atoms with Gasteiger partial charge in [-0.1, -0.05) is 19.4 Å². The van der Waals surface area contributed by atoms with E-state index < -0.39 is 11.6 Å². The van der Waals surface area contributed by atoms with Crippen LogP contribution < -0.4 is 0 Å². The van der Waals surface area contributed by atoms with Crippen LogP contribution in [-0.2, 0) is 0 Å². The Bertz CT molecular complexity index is 367. The summed E-state index contributed by atoms with van der Waals surface area (Å²) in [5, 5.41) is 0. The third kappa shape index (κ3) is 2.67. The zero-order valence-corrected chi connectivity index (χ0v) is 10.6. The van der Waals surface area contributed by atoms with E-state index in [0.29, 0.717) is 11.5 Å². The van der Waals surface area contributed by atoms with Gasteiger partial charge in [0.2, 0.25) is 0 Å². The lowest BCUT2D eigenvalue weighted by atomic mass is 9.77. The van der Waals surface area contributed by atoms with Crippen molar-refractivity contribution in [1.29, 1.82) is 0 Å². The van der Waals surface area contributed by atoms with E-state index in [2.05, 4.69) is 6.92 Å². The summed E-state index contributed by atoms with van der Waals surface area (Å²) in [5.74, 6) is -0.141. The monoisotopic (exact) mass is 238 g/mol. The largest absolute Gasteiger partial charge is 0.204 e. The number of benzene rings is 1. The molecule has 0 aliphatic heterocycles. The van der Waals surface area contributed by atoms with Crippen LogP contribution in [0.3, 0.4) is 0 Å². The van der Waals surface area contributed by atoms with Crippen LogP contribution in [-0.4, -0.2) is 0 Å². The molecule has 17 heavy (non-hydrogen) atoms. The Kier molecular flexibility index (Phi) is 3.80. The van der Waals surface area contributed by atoms with Crippen molar-refractivity contribution < 1.29 is 8.78 Å².